The van der Waals surface area contributed by atoms with Gasteiger partial charge < -0.3 is 14.9 Å². The number of fused-ring (bicyclic) bond motifs is 1. The number of halogens is 4. The Bertz CT molecular complexity index is 830. The van der Waals surface area contributed by atoms with Gasteiger partial charge in [-0.05, 0) is 6.92 Å². The normalized spacial score (nSPS) is 12.0. The fraction of sp³-hybridized carbons (Fsp3) is 0.167. The molecule has 0 atom stereocenters. The number of nitrogens with zero attached hydrogens (tertiary/aromatic N) is 1. The predicted molar refractivity (Wildman–Crippen MR) is 65.3 cm³/mol. The van der Waals surface area contributed by atoms with Gasteiger partial charge in [0, 0.05) is 7.05 Å². The highest BCUT2D eigenvalue weighted by atomic mass is 19.2. The Labute approximate surface area is 114 Å². The molecule has 0 aliphatic carbocycles. The summed E-state index contributed by atoms with van der Waals surface area (Å²) in [6.07, 6.45) is 0. The Hall–Kier alpha value is -2.58. The van der Waals surface area contributed by atoms with Crippen molar-refractivity contribution in [1.82, 2.24) is 5.43 Å². The minimum absolute atomic E-state index is 0.116. The van der Waals surface area contributed by atoms with E-state index in [9.17, 15) is 27.5 Å². The molecule has 0 aliphatic rings. The highest BCUT2D eigenvalue weighted by molar-refractivity contribution is 6.04. The van der Waals surface area contributed by atoms with Crippen LogP contribution in [0.2, 0.25) is 0 Å². The minimum atomic E-state index is -2.14. The summed E-state index contributed by atoms with van der Waals surface area (Å²) in [5.74, 6) is -9.14. The lowest BCUT2D eigenvalue weighted by Crippen LogP contribution is -2.16. The molecular weight excluding hydrogens is 296 g/mol. The number of hydrogen-bond acceptors (Lipinski definition) is 5. The molecule has 0 fully saturated rings. The maximum absolute atomic E-state index is 13.7. The van der Waals surface area contributed by atoms with Crippen LogP contribution in [-0.4, -0.2) is 17.9 Å². The number of rotatable bonds is 2. The lowest BCUT2D eigenvalue weighted by molar-refractivity contribution is 0.398. The van der Waals surface area contributed by atoms with Crippen LogP contribution in [0.5, 0.6) is 5.75 Å². The van der Waals surface area contributed by atoms with Gasteiger partial charge in [-0.25, -0.2) is 18.0 Å². The summed E-state index contributed by atoms with van der Waals surface area (Å²) in [5.41, 5.74) is -0.892. The first-order valence-corrected chi connectivity index (χ1v) is 5.54. The van der Waals surface area contributed by atoms with E-state index in [0.29, 0.717) is 0 Å². The van der Waals surface area contributed by atoms with Crippen LogP contribution >= 0.6 is 0 Å². The first-order valence-electron chi connectivity index (χ1n) is 5.54. The summed E-state index contributed by atoms with van der Waals surface area (Å²) in [4.78, 5) is 11.7. The topological polar surface area (TPSA) is 74.8 Å². The summed E-state index contributed by atoms with van der Waals surface area (Å²) >= 11 is 0. The molecule has 21 heavy (non-hydrogen) atoms. The van der Waals surface area contributed by atoms with E-state index in [2.05, 4.69) is 14.9 Å². The zero-order valence-corrected chi connectivity index (χ0v) is 10.7. The Morgan fingerprint density at radius 2 is 1.71 bits per heavy atom. The van der Waals surface area contributed by atoms with Crippen molar-refractivity contribution < 1.29 is 27.1 Å². The summed E-state index contributed by atoms with van der Waals surface area (Å²) in [7, 11) is 1.39. The van der Waals surface area contributed by atoms with Gasteiger partial charge in [0.05, 0.1) is 5.71 Å². The Balaban J connectivity index is 3.04. The maximum Gasteiger partial charge on any atom is 0.349 e. The van der Waals surface area contributed by atoms with E-state index in [1.807, 2.05) is 0 Å². The van der Waals surface area contributed by atoms with Gasteiger partial charge in [-0.1, -0.05) is 0 Å². The van der Waals surface area contributed by atoms with Crippen molar-refractivity contribution in [3.8, 4) is 5.75 Å². The number of hydrazone groups is 1. The van der Waals surface area contributed by atoms with Crippen LogP contribution in [0.1, 0.15) is 12.5 Å². The van der Waals surface area contributed by atoms with Gasteiger partial charge in [-0.15, -0.1) is 0 Å². The second kappa shape index (κ2) is 5.08. The molecule has 1 aromatic heterocycles. The third-order valence-corrected chi connectivity index (χ3v) is 2.74. The van der Waals surface area contributed by atoms with E-state index in [4.69, 9.17) is 0 Å². The van der Waals surface area contributed by atoms with Gasteiger partial charge in [0.25, 0.3) is 0 Å². The predicted octanol–water partition coefficient (Wildman–Crippen LogP) is 2.00. The van der Waals surface area contributed by atoms with Gasteiger partial charge >= 0.3 is 5.63 Å². The van der Waals surface area contributed by atoms with Crippen molar-refractivity contribution >= 4 is 16.7 Å². The first-order chi connectivity index (χ1) is 9.81. The second-order valence-corrected chi connectivity index (χ2v) is 3.99. The van der Waals surface area contributed by atoms with E-state index >= 15 is 0 Å². The average Bonchev–Trinajstić information content (AvgIpc) is 2.42. The fourth-order valence-corrected chi connectivity index (χ4v) is 1.83. The fourth-order valence-electron chi connectivity index (χ4n) is 1.83. The van der Waals surface area contributed by atoms with Crippen LogP contribution in [0.4, 0.5) is 17.6 Å². The first kappa shape index (κ1) is 14.8. The summed E-state index contributed by atoms with van der Waals surface area (Å²) < 4.78 is 58.0. The molecule has 0 saturated heterocycles. The maximum atomic E-state index is 13.7. The number of nitrogens with one attached hydrogen (secondary N) is 1. The SMILES string of the molecule is CN/N=C(\C)c1c(O)c2c(F)c(F)c(F)c(F)c2oc1=O. The molecule has 112 valence electrons. The highest BCUT2D eigenvalue weighted by Gasteiger charge is 2.28. The molecule has 1 aromatic carbocycles. The van der Waals surface area contributed by atoms with Crippen LogP contribution in [0, 0.1) is 23.3 Å². The Morgan fingerprint density at radius 1 is 1.14 bits per heavy atom. The van der Waals surface area contributed by atoms with Crippen molar-refractivity contribution in [2.24, 2.45) is 5.10 Å². The van der Waals surface area contributed by atoms with Crippen LogP contribution < -0.4 is 11.1 Å². The zero-order chi connectivity index (χ0) is 15.9. The highest BCUT2D eigenvalue weighted by Crippen LogP contribution is 2.33. The van der Waals surface area contributed by atoms with E-state index in [-0.39, 0.29) is 5.71 Å². The van der Waals surface area contributed by atoms with Gasteiger partial charge in [-0.2, -0.15) is 9.49 Å². The zero-order valence-electron chi connectivity index (χ0n) is 10.7. The molecule has 0 spiro atoms. The molecule has 0 unspecified atom stereocenters. The lowest BCUT2D eigenvalue weighted by atomic mass is 10.1. The van der Waals surface area contributed by atoms with Gasteiger partial charge in [0.15, 0.2) is 17.2 Å². The second-order valence-electron chi connectivity index (χ2n) is 3.99. The monoisotopic (exact) mass is 304 g/mol. The minimum Gasteiger partial charge on any atom is -0.506 e. The van der Waals surface area contributed by atoms with Crippen molar-refractivity contribution in [2.75, 3.05) is 7.05 Å². The summed E-state index contributed by atoms with van der Waals surface area (Å²) in [6, 6.07) is 0. The van der Waals surface area contributed by atoms with Crippen LogP contribution in [0.3, 0.4) is 0 Å². The smallest absolute Gasteiger partial charge is 0.349 e. The van der Waals surface area contributed by atoms with Gasteiger partial charge in [0.2, 0.25) is 11.6 Å². The molecule has 9 heteroatoms. The van der Waals surface area contributed by atoms with E-state index in [1.54, 1.807) is 0 Å². The van der Waals surface area contributed by atoms with E-state index < -0.39 is 51.2 Å². The van der Waals surface area contributed by atoms with Gasteiger partial charge in [-0.3, -0.25) is 0 Å². The standard InChI is InChI=1S/C12H8F4N2O3/c1-3(18-17-2)4-10(19)5-6(13)7(14)8(15)9(16)11(5)21-12(4)20/h17,19H,1-2H3/b18-3+. The molecule has 0 saturated carbocycles. The molecule has 0 bridgehead atoms. The molecule has 2 N–H and O–H groups in total. The molecule has 5 nitrogen and oxygen atoms in total. The van der Waals surface area contributed by atoms with Crippen molar-refractivity contribution in [3.63, 3.8) is 0 Å². The quantitative estimate of drug-likeness (QED) is 0.222. The lowest BCUT2D eigenvalue weighted by Gasteiger charge is -2.08. The number of benzene rings is 1. The number of aromatic hydroxyl groups is 1. The molecule has 0 radical (unpaired) electrons. The molecule has 0 aliphatic heterocycles. The molecule has 2 aromatic rings. The number of hydrogen-bond donors (Lipinski definition) is 2. The third kappa shape index (κ3) is 2.10. The molecular formula is C12H8F4N2O3. The van der Waals surface area contributed by atoms with E-state index in [1.165, 1.54) is 14.0 Å². The average molecular weight is 304 g/mol. The largest absolute Gasteiger partial charge is 0.506 e. The van der Waals surface area contributed by atoms with Crippen molar-refractivity contribution in [3.05, 3.63) is 39.3 Å². The third-order valence-electron chi connectivity index (χ3n) is 2.74. The summed E-state index contributed by atoms with van der Waals surface area (Å²) in [6.45, 7) is 1.27. The molecule has 1 heterocycles. The van der Waals surface area contributed by atoms with Crippen LogP contribution in [0.25, 0.3) is 11.0 Å². The van der Waals surface area contributed by atoms with Gasteiger partial charge in [0.1, 0.15) is 16.7 Å². The summed E-state index contributed by atoms with van der Waals surface area (Å²) in [5, 5.41) is 12.4. The molecule has 2 rings (SSSR count). The Morgan fingerprint density at radius 3 is 2.29 bits per heavy atom. The van der Waals surface area contributed by atoms with E-state index in [0.717, 1.165) is 0 Å². The van der Waals surface area contributed by atoms with Crippen molar-refractivity contribution in [1.29, 1.82) is 0 Å². The van der Waals surface area contributed by atoms with Crippen LogP contribution in [0.15, 0.2) is 14.3 Å². The van der Waals surface area contributed by atoms with Crippen LogP contribution in [-0.2, 0) is 0 Å². The molecule has 0 amide bonds. The Kier molecular flexibility index (Phi) is 3.58. The van der Waals surface area contributed by atoms with Crippen molar-refractivity contribution in [2.45, 2.75) is 6.92 Å².